The SMILES string of the molecule is Cc1nccc(N2CCN(C3CCN(C4CCOCC4)C3=O)CC2)n1. The van der Waals surface area contributed by atoms with Crippen molar-refractivity contribution in [3.05, 3.63) is 18.1 Å². The number of aryl methyl sites for hydroxylation is 1. The van der Waals surface area contributed by atoms with Crippen molar-refractivity contribution in [1.29, 1.82) is 0 Å². The van der Waals surface area contributed by atoms with Crippen LogP contribution >= 0.6 is 0 Å². The fourth-order valence-corrected chi connectivity index (χ4v) is 4.27. The van der Waals surface area contributed by atoms with E-state index in [2.05, 4.69) is 24.7 Å². The molecule has 3 fully saturated rings. The van der Waals surface area contributed by atoms with Gasteiger partial charge in [0.2, 0.25) is 5.91 Å². The summed E-state index contributed by atoms with van der Waals surface area (Å²) in [5.41, 5.74) is 0. The molecule has 0 spiro atoms. The van der Waals surface area contributed by atoms with Crippen LogP contribution in [0.4, 0.5) is 5.82 Å². The number of nitrogens with zero attached hydrogens (tertiary/aromatic N) is 5. The summed E-state index contributed by atoms with van der Waals surface area (Å²) in [7, 11) is 0. The van der Waals surface area contributed by atoms with Crippen LogP contribution in [0, 0.1) is 6.92 Å². The molecule has 3 aliphatic rings. The Bertz CT molecular complexity index is 611. The van der Waals surface area contributed by atoms with Crippen molar-refractivity contribution < 1.29 is 9.53 Å². The first kappa shape index (κ1) is 16.7. The second kappa shape index (κ2) is 7.25. The Hall–Kier alpha value is -1.73. The zero-order valence-electron chi connectivity index (χ0n) is 14.9. The van der Waals surface area contributed by atoms with E-state index >= 15 is 0 Å². The van der Waals surface area contributed by atoms with Gasteiger partial charge in [0, 0.05) is 58.2 Å². The largest absolute Gasteiger partial charge is 0.381 e. The molecular weight excluding hydrogens is 318 g/mol. The Kier molecular flexibility index (Phi) is 4.85. The molecule has 136 valence electrons. The molecule has 0 radical (unpaired) electrons. The summed E-state index contributed by atoms with van der Waals surface area (Å²) in [5, 5.41) is 0. The Morgan fingerprint density at radius 1 is 1.08 bits per heavy atom. The van der Waals surface area contributed by atoms with Crippen LogP contribution in [0.5, 0.6) is 0 Å². The molecule has 1 aromatic heterocycles. The van der Waals surface area contributed by atoms with Crippen LogP contribution in [0.15, 0.2) is 12.3 Å². The molecule has 0 saturated carbocycles. The van der Waals surface area contributed by atoms with Gasteiger partial charge in [-0.2, -0.15) is 0 Å². The molecule has 4 heterocycles. The van der Waals surface area contributed by atoms with Crippen molar-refractivity contribution in [3.8, 4) is 0 Å². The Balaban J connectivity index is 1.34. The first-order chi connectivity index (χ1) is 12.2. The minimum Gasteiger partial charge on any atom is -0.381 e. The summed E-state index contributed by atoms with van der Waals surface area (Å²) in [6, 6.07) is 2.42. The molecule has 0 aromatic carbocycles. The summed E-state index contributed by atoms with van der Waals surface area (Å²) in [4.78, 5) is 28.4. The van der Waals surface area contributed by atoms with Crippen LogP contribution in [0.25, 0.3) is 0 Å². The van der Waals surface area contributed by atoms with Gasteiger partial charge >= 0.3 is 0 Å². The molecule has 4 rings (SSSR count). The number of aromatic nitrogens is 2. The van der Waals surface area contributed by atoms with Gasteiger partial charge in [-0.1, -0.05) is 0 Å². The van der Waals surface area contributed by atoms with Gasteiger partial charge in [0.05, 0.1) is 6.04 Å². The molecule has 1 atom stereocenters. The first-order valence-electron chi connectivity index (χ1n) is 9.39. The summed E-state index contributed by atoms with van der Waals surface area (Å²) >= 11 is 0. The average Bonchev–Trinajstić information content (AvgIpc) is 3.04. The number of carbonyl (C=O) groups excluding carboxylic acids is 1. The number of rotatable bonds is 3. The maximum absolute atomic E-state index is 12.9. The third kappa shape index (κ3) is 3.48. The van der Waals surface area contributed by atoms with Gasteiger partial charge in [-0.3, -0.25) is 9.69 Å². The maximum Gasteiger partial charge on any atom is 0.240 e. The van der Waals surface area contributed by atoms with E-state index in [-0.39, 0.29) is 6.04 Å². The van der Waals surface area contributed by atoms with Crippen LogP contribution in [-0.4, -0.2) is 83.7 Å². The standard InChI is InChI=1S/C18H27N5O2/c1-14-19-6-2-17(20-14)22-10-8-21(9-11-22)16-3-7-23(18(16)24)15-4-12-25-13-5-15/h2,6,15-16H,3-5,7-13H2,1H3. The fourth-order valence-electron chi connectivity index (χ4n) is 4.27. The number of carbonyl (C=O) groups is 1. The van der Waals surface area contributed by atoms with E-state index in [1.165, 1.54) is 0 Å². The van der Waals surface area contributed by atoms with Gasteiger partial charge in [0.1, 0.15) is 11.6 Å². The quantitative estimate of drug-likeness (QED) is 0.803. The minimum absolute atomic E-state index is 0.0668. The molecule has 3 aliphatic heterocycles. The summed E-state index contributed by atoms with van der Waals surface area (Å²) in [5.74, 6) is 2.13. The van der Waals surface area contributed by atoms with Gasteiger partial charge in [-0.05, 0) is 32.3 Å². The third-order valence-electron chi connectivity index (χ3n) is 5.68. The highest BCUT2D eigenvalue weighted by molar-refractivity contribution is 5.84. The molecule has 0 N–H and O–H groups in total. The van der Waals surface area contributed by atoms with E-state index in [1.54, 1.807) is 0 Å². The highest BCUT2D eigenvalue weighted by Crippen LogP contribution is 2.25. The van der Waals surface area contributed by atoms with Crippen molar-refractivity contribution in [2.75, 3.05) is 50.8 Å². The second-order valence-electron chi connectivity index (χ2n) is 7.16. The van der Waals surface area contributed by atoms with Gasteiger partial charge < -0.3 is 14.5 Å². The maximum atomic E-state index is 12.9. The zero-order valence-corrected chi connectivity index (χ0v) is 14.9. The fraction of sp³-hybridized carbons (Fsp3) is 0.722. The number of likely N-dealkylation sites (tertiary alicyclic amines) is 1. The van der Waals surface area contributed by atoms with Gasteiger partial charge in [-0.15, -0.1) is 0 Å². The van der Waals surface area contributed by atoms with Crippen LogP contribution < -0.4 is 4.90 Å². The van der Waals surface area contributed by atoms with Crippen LogP contribution in [0.3, 0.4) is 0 Å². The molecule has 0 aliphatic carbocycles. The highest BCUT2D eigenvalue weighted by atomic mass is 16.5. The number of amides is 1. The molecule has 1 amide bonds. The van der Waals surface area contributed by atoms with Crippen LogP contribution in [0.1, 0.15) is 25.1 Å². The lowest BCUT2D eigenvalue weighted by molar-refractivity contribution is -0.135. The third-order valence-corrected chi connectivity index (χ3v) is 5.68. The van der Waals surface area contributed by atoms with Crippen LogP contribution in [0.2, 0.25) is 0 Å². The number of anilines is 1. The smallest absolute Gasteiger partial charge is 0.240 e. The predicted molar refractivity (Wildman–Crippen MR) is 94.5 cm³/mol. The number of ether oxygens (including phenoxy) is 1. The van der Waals surface area contributed by atoms with Crippen molar-refractivity contribution in [1.82, 2.24) is 19.8 Å². The molecule has 1 aromatic rings. The van der Waals surface area contributed by atoms with Crippen molar-refractivity contribution in [3.63, 3.8) is 0 Å². The van der Waals surface area contributed by atoms with Crippen molar-refractivity contribution in [2.45, 2.75) is 38.3 Å². The number of hydrogen-bond acceptors (Lipinski definition) is 6. The van der Waals surface area contributed by atoms with E-state index < -0.39 is 0 Å². The Morgan fingerprint density at radius 3 is 2.56 bits per heavy atom. The van der Waals surface area contributed by atoms with E-state index in [0.29, 0.717) is 11.9 Å². The lowest BCUT2D eigenvalue weighted by atomic mass is 10.1. The highest BCUT2D eigenvalue weighted by Gasteiger charge is 2.40. The molecule has 0 bridgehead atoms. The molecular formula is C18H27N5O2. The monoisotopic (exact) mass is 345 g/mol. The van der Waals surface area contributed by atoms with Crippen molar-refractivity contribution >= 4 is 11.7 Å². The van der Waals surface area contributed by atoms with Gasteiger partial charge in [-0.25, -0.2) is 9.97 Å². The summed E-state index contributed by atoms with van der Waals surface area (Å²) < 4.78 is 5.44. The molecule has 1 unspecified atom stereocenters. The molecule has 3 saturated heterocycles. The lowest BCUT2D eigenvalue weighted by Crippen LogP contribution is -2.53. The number of hydrogen-bond donors (Lipinski definition) is 0. The zero-order chi connectivity index (χ0) is 17.2. The summed E-state index contributed by atoms with van der Waals surface area (Å²) in [6.07, 6.45) is 4.75. The first-order valence-corrected chi connectivity index (χ1v) is 9.39. The van der Waals surface area contributed by atoms with E-state index in [0.717, 1.165) is 76.8 Å². The normalized spacial score (nSPS) is 26.4. The molecule has 25 heavy (non-hydrogen) atoms. The molecule has 7 nitrogen and oxygen atoms in total. The Morgan fingerprint density at radius 2 is 1.84 bits per heavy atom. The minimum atomic E-state index is 0.0668. The second-order valence-corrected chi connectivity index (χ2v) is 7.16. The van der Waals surface area contributed by atoms with Gasteiger partial charge in [0.25, 0.3) is 0 Å². The Labute approximate surface area is 149 Å². The molecule has 7 heteroatoms. The lowest BCUT2D eigenvalue weighted by Gasteiger charge is -2.38. The van der Waals surface area contributed by atoms with E-state index in [1.807, 2.05) is 19.2 Å². The number of piperazine rings is 1. The predicted octanol–water partition coefficient (Wildman–Crippen LogP) is 0.687. The van der Waals surface area contributed by atoms with E-state index in [4.69, 9.17) is 4.74 Å². The van der Waals surface area contributed by atoms with Crippen molar-refractivity contribution in [2.24, 2.45) is 0 Å². The van der Waals surface area contributed by atoms with Gasteiger partial charge in [0.15, 0.2) is 0 Å². The summed E-state index contributed by atoms with van der Waals surface area (Å²) in [6.45, 7) is 8.06. The topological polar surface area (TPSA) is 61.8 Å². The average molecular weight is 345 g/mol. The van der Waals surface area contributed by atoms with E-state index in [9.17, 15) is 4.79 Å². The van der Waals surface area contributed by atoms with Crippen LogP contribution in [-0.2, 0) is 9.53 Å².